The van der Waals surface area contributed by atoms with E-state index in [4.69, 9.17) is 10.4 Å². The maximum atomic E-state index is 12.1. The van der Waals surface area contributed by atoms with Gasteiger partial charge >= 0.3 is 5.97 Å². The van der Waals surface area contributed by atoms with Crippen LogP contribution >= 0.6 is 0 Å². The second-order valence-corrected chi connectivity index (χ2v) is 6.38. The molecule has 0 unspecified atom stereocenters. The van der Waals surface area contributed by atoms with Gasteiger partial charge in [0.2, 0.25) is 10.0 Å². The highest BCUT2D eigenvalue weighted by Crippen LogP contribution is 2.12. The molecule has 1 aromatic heterocycles. The van der Waals surface area contributed by atoms with Crippen molar-refractivity contribution in [3.05, 3.63) is 24.0 Å². The molecule has 0 saturated carbocycles. The first-order chi connectivity index (χ1) is 9.26. The molecule has 0 fully saturated rings. The largest absolute Gasteiger partial charge is 0.480 e. The Morgan fingerprint density at radius 2 is 2.15 bits per heavy atom. The zero-order chi connectivity index (χ0) is 15.3. The number of carboxylic acids is 1. The van der Waals surface area contributed by atoms with Gasteiger partial charge in [0.05, 0.1) is 5.56 Å². The van der Waals surface area contributed by atoms with Crippen molar-refractivity contribution in [3.63, 3.8) is 0 Å². The van der Waals surface area contributed by atoms with Gasteiger partial charge in [0.25, 0.3) is 0 Å². The summed E-state index contributed by atoms with van der Waals surface area (Å²) in [6.07, 6.45) is 2.46. The summed E-state index contributed by atoms with van der Waals surface area (Å²) in [5.74, 6) is -1.23. The summed E-state index contributed by atoms with van der Waals surface area (Å²) in [5, 5.41) is 17.8. The number of nitriles is 1. The third-order valence-corrected chi connectivity index (χ3v) is 3.89. The molecular weight excluding hydrogens is 282 g/mol. The monoisotopic (exact) mass is 297 g/mol. The average Bonchev–Trinajstić information content (AvgIpc) is 2.37. The zero-order valence-corrected chi connectivity index (χ0v) is 11.9. The maximum absolute atomic E-state index is 12.1. The van der Waals surface area contributed by atoms with Gasteiger partial charge < -0.3 is 5.11 Å². The Bertz CT molecular complexity index is 634. The Balaban J connectivity index is 3.03. The molecule has 0 radical (unpaired) electrons. The molecule has 1 heterocycles. The van der Waals surface area contributed by atoms with Gasteiger partial charge in [-0.2, -0.15) is 9.98 Å². The van der Waals surface area contributed by atoms with E-state index in [-0.39, 0.29) is 22.8 Å². The van der Waals surface area contributed by atoms with Gasteiger partial charge in [0, 0.05) is 12.4 Å². The lowest BCUT2D eigenvalue weighted by Gasteiger charge is -2.16. The van der Waals surface area contributed by atoms with Gasteiger partial charge in [-0.1, -0.05) is 13.8 Å². The minimum atomic E-state index is -4.03. The second-order valence-electron chi connectivity index (χ2n) is 4.66. The first kappa shape index (κ1) is 16.1. The van der Waals surface area contributed by atoms with Crippen LogP contribution in [0.15, 0.2) is 23.4 Å². The number of hydrogen-bond donors (Lipinski definition) is 2. The zero-order valence-electron chi connectivity index (χ0n) is 11.1. The third kappa shape index (κ3) is 4.29. The lowest BCUT2D eigenvalue weighted by molar-refractivity contribution is -0.139. The number of carboxylic acid groups (broad SMARTS) is 1. The summed E-state index contributed by atoms with van der Waals surface area (Å²) in [4.78, 5) is 14.5. The fraction of sp³-hybridized carbons (Fsp3) is 0.417. The third-order valence-electron chi connectivity index (χ3n) is 2.46. The molecule has 108 valence electrons. The quantitative estimate of drug-likeness (QED) is 0.798. The van der Waals surface area contributed by atoms with Gasteiger partial charge in [-0.3, -0.25) is 9.78 Å². The Morgan fingerprint density at radius 1 is 1.50 bits per heavy atom. The van der Waals surface area contributed by atoms with Crippen LogP contribution < -0.4 is 4.72 Å². The summed E-state index contributed by atoms with van der Waals surface area (Å²) in [7, 11) is -4.03. The summed E-state index contributed by atoms with van der Waals surface area (Å²) >= 11 is 0. The first-order valence-electron chi connectivity index (χ1n) is 5.86. The lowest BCUT2D eigenvalue weighted by atomic mass is 10.1. The predicted molar refractivity (Wildman–Crippen MR) is 70.2 cm³/mol. The highest BCUT2D eigenvalue weighted by molar-refractivity contribution is 7.89. The Hall–Kier alpha value is -1.98. The fourth-order valence-corrected chi connectivity index (χ4v) is 2.74. The molecule has 20 heavy (non-hydrogen) atoms. The van der Waals surface area contributed by atoms with Crippen molar-refractivity contribution >= 4 is 16.0 Å². The summed E-state index contributed by atoms with van der Waals surface area (Å²) < 4.78 is 26.3. The van der Waals surface area contributed by atoms with Crippen LogP contribution in [-0.4, -0.2) is 30.5 Å². The van der Waals surface area contributed by atoms with Crippen LogP contribution in [0.3, 0.4) is 0 Å². The van der Waals surface area contributed by atoms with Crippen LogP contribution in [0.1, 0.15) is 25.8 Å². The second kappa shape index (κ2) is 6.45. The predicted octanol–water partition coefficient (Wildman–Crippen LogP) is 0.731. The molecule has 8 heteroatoms. The van der Waals surface area contributed by atoms with Gasteiger partial charge in [-0.25, -0.2) is 8.42 Å². The van der Waals surface area contributed by atoms with E-state index in [2.05, 4.69) is 9.71 Å². The molecule has 1 aromatic rings. The molecule has 0 spiro atoms. The highest BCUT2D eigenvalue weighted by Gasteiger charge is 2.26. The van der Waals surface area contributed by atoms with Gasteiger partial charge in [-0.15, -0.1) is 0 Å². The summed E-state index contributed by atoms with van der Waals surface area (Å²) in [6.45, 7) is 3.59. The minimum Gasteiger partial charge on any atom is -0.480 e. The fourth-order valence-electron chi connectivity index (χ4n) is 1.55. The number of nitrogens with zero attached hydrogens (tertiary/aromatic N) is 2. The van der Waals surface area contributed by atoms with Crippen LogP contribution in [0.25, 0.3) is 0 Å². The van der Waals surface area contributed by atoms with Crippen molar-refractivity contribution in [3.8, 4) is 6.07 Å². The Morgan fingerprint density at radius 3 is 2.65 bits per heavy atom. The van der Waals surface area contributed by atoms with Crippen LogP contribution in [0.5, 0.6) is 0 Å². The van der Waals surface area contributed by atoms with E-state index >= 15 is 0 Å². The van der Waals surface area contributed by atoms with E-state index in [9.17, 15) is 13.2 Å². The smallest absolute Gasteiger partial charge is 0.321 e. The van der Waals surface area contributed by atoms with E-state index in [0.717, 1.165) is 12.3 Å². The maximum Gasteiger partial charge on any atom is 0.321 e. The molecule has 2 N–H and O–H groups in total. The topological polar surface area (TPSA) is 120 Å². The van der Waals surface area contributed by atoms with Crippen molar-refractivity contribution in [2.75, 3.05) is 0 Å². The molecule has 1 rings (SSSR count). The lowest BCUT2D eigenvalue weighted by Crippen LogP contribution is -2.41. The molecule has 0 saturated heterocycles. The normalized spacial score (nSPS) is 12.9. The van der Waals surface area contributed by atoms with Crippen molar-refractivity contribution in [1.29, 1.82) is 5.26 Å². The summed E-state index contributed by atoms with van der Waals surface area (Å²) in [6, 6.07) is 1.70. The van der Waals surface area contributed by atoms with Crippen molar-refractivity contribution in [2.24, 2.45) is 5.92 Å². The van der Waals surface area contributed by atoms with Crippen molar-refractivity contribution in [2.45, 2.75) is 31.2 Å². The van der Waals surface area contributed by atoms with E-state index < -0.39 is 22.0 Å². The number of carbonyl (C=O) groups is 1. The molecule has 0 aromatic carbocycles. The number of pyridine rings is 1. The molecule has 0 amide bonds. The van der Waals surface area contributed by atoms with Gasteiger partial charge in [-0.05, 0) is 18.4 Å². The number of rotatable bonds is 6. The number of aliphatic carboxylic acids is 1. The number of hydrogen-bond acceptors (Lipinski definition) is 5. The van der Waals surface area contributed by atoms with Crippen LogP contribution in [-0.2, 0) is 14.8 Å². The molecule has 0 aliphatic rings. The van der Waals surface area contributed by atoms with Gasteiger partial charge in [0.1, 0.15) is 17.0 Å². The molecule has 7 nitrogen and oxygen atoms in total. The average molecular weight is 297 g/mol. The number of nitrogens with one attached hydrogen (secondary N) is 1. The van der Waals surface area contributed by atoms with Crippen LogP contribution in [0, 0.1) is 17.2 Å². The van der Waals surface area contributed by atoms with Crippen molar-refractivity contribution in [1.82, 2.24) is 9.71 Å². The van der Waals surface area contributed by atoms with E-state index in [0.29, 0.717) is 0 Å². The molecule has 1 atom stereocenters. The Kier molecular flexibility index (Phi) is 5.19. The Labute approximate surface area is 117 Å². The molecular formula is C12H15N3O4S. The van der Waals surface area contributed by atoms with Crippen LogP contribution in [0.2, 0.25) is 0 Å². The standard InChI is InChI=1S/C12H15N3O4S/c1-8(2)3-11(12(16)17)15-20(18,19)10-4-9(5-13)6-14-7-10/h4,6-8,11,15H,3H2,1-2H3,(H,16,17)/t11-/m0/s1. The van der Waals surface area contributed by atoms with E-state index in [1.165, 1.54) is 6.20 Å². The first-order valence-corrected chi connectivity index (χ1v) is 7.35. The van der Waals surface area contributed by atoms with Gasteiger partial charge in [0.15, 0.2) is 0 Å². The molecule has 0 aliphatic carbocycles. The highest BCUT2D eigenvalue weighted by atomic mass is 32.2. The van der Waals surface area contributed by atoms with Crippen molar-refractivity contribution < 1.29 is 18.3 Å². The van der Waals surface area contributed by atoms with Crippen LogP contribution in [0.4, 0.5) is 0 Å². The number of sulfonamides is 1. The summed E-state index contributed by atoms with van der Waals surface area (Å²) in [5.41, 5.74) is 0.0867. The van der Waals surface area contributed by atoms with E-state index in [1.807, 2.05) is 0 Å². The number of aromatic nitrogens is 1. The molecule has 0 bridgehead atoms. The molecule has 0 aliphatic heterocycles. The minimum absolute atomic E-state index is 0.0161. The SMILES string of the molecule is CC(C)C[C@H](NS(=O)(=O)c1cncc(C#N)c1)C(=O)O. The van der Waals surface area contributed by atoms with E-state index in [1.54, 1.807) is 19.9 Å².